The first kappa shape index (κ1) is 12.9. The maximum absolute atomic E-state index is 12.2. The zero-order valence-electron chi connectivity index (χ0n) is 10.4. The number of nitriles is 1. The van der Waals surface area contributed by atoms with E-state index in [1.165, 1.54) is 0 Å². The average molecular weight is 255 g/mol. The molecule has 0 radical (unpaired) electrons. The van der Waals surface area contributed by atoms with E-state index in [0.29, 0.717) is 37.1 Å². The average Bonchev–Trinajstić information content (AvgIpc) is 2.48. The fraction of sp³-hybridized carbons (Fsp3) is 0.385. The van der Waals surface area contributed by atoms with Crippen LogP contribution in [0, 0.1) is 11.3 Å². The molecule has 1 heterocycles. The molecule has 6 heteroatoms. The molecule has 0 saturated carbocycles. The molecule has 0 N–H and O–H groups in total. The number of hydrogen-bond donors (Lipinski definition) is 0. The maximum atomic E-state index is 12.2. The van der Waals surface area contributed by atoms with Crippen molar-refractivity contribution in [1.82, 2.24) is 4.90 Å². The summed E-state index contributed by atoms with van der Waals surface area (Å²) in [6.45, 7) is 1.20. The van der Waals surface area contributed by atoms with Crippen LogP contribution in [-0.2, 0) is 0 Å². The smallest absolute Gasteiger partial charge is 0.253 e. The lowest BCUT2D eigenvalue weighted by molar-refractivity contribution is 0.0714. The zero-order valence-corrected chi connectivity index (χ0v) is 10.4. The van der Waals surface area contributed by atoms with Crippen LogP contribution < -0.4 is 0 Å². The molecular weight excluding hydrogens is 242 g/mol. The Morgan fingerprint density at radius 3 is 2.53 bits per heavy atom. The van der Waals surface area contributed by atoms with Gasteiger partial charge in [-0.15, -0.1) is 0 Å². The zero-order chi connectivity index (χ0) is 13.7. The minimum Gasteiger partial charge on any atom is -0.339 e. The summed E-state index contributed by atoms with van der Waals surface area (Å²) in [4.78, 5) is 16.8. The van der Waals surface area contributed by atoms with Gasteiger partial charge < -0.3 is 4.90 Å². The lowest BCUT2D eigenvalue weighted by Crippen LogP contribution is -2.39. The fourth-order valence-electron chi connectivity index (χ4n) is 2.13. The van der Waals surface area contributed by atoms with Gasteiger partial charge in [0.15, 0.2) is 0 Å². The number of rotatable bonds is 2. The Balaban J connectivity index is 2.01. The van der Waals surface area contributed by atoms with Crippen molar-refractivity contribution in [1.29, 1.82) is 5.26 Å². The molecule has 1 aromatic rings. The lowest BCUT2D eigenvalue weighted by atomic mass is 10.0. The number of likely N-dealkylation sites (tertiary alicyclic amines) is 1. The number of hydrogen-bond acceptors (Lipinski definition) is 3. The second-order valence-corrected chi connectivity index (χ2v) is 4.42. The number of carbonyl (C=O) groups excluding carboxylic acids is 1. The van der Waals surface area contributed by atoms with Gasteiger partial charge in [0, 0.05) is 29.6 Å². The molecule has 6 nitrogen and oxygen atoms in total. The molecule has 0 unspecified atom stereocenters. The van der Waals surface area contributed by atoms with Gasteiger partial charge in [0.2, 0.25) is 0 Å². The minimum absolute atomic E-state index is 0.00462. The molecule has 96 valence electrons. The van der Waals surface area contributed by atoms with Gasteiger partial charge in [0.25, 0.3) is 5.91 Å². The summed E-state index contributed by atoms with van der Waals surface area (Å²) >= 11 is 0. The van der Waals surface area contributed by atoms with Gasteiger partial charge in [0.05, 0.1) is 11.6 Å². The first-order valence-electron chi connectivity index (χ1n) is 6.08. The van der Waals surface area contributed by atoms with Gasteiger partial charge in [-0.25, -0.2) is 0 Å². The van der Waals surface area contributed by atoms with Gasteiger partial charge in [0.1, 0.15) is 0 Å². The van der Waals surface area contributed by atoms with Crippen molar-refractivity contribution < 1.29 is 4.79 Å². The van der Waals surface area contributed by atoms with E-state index >= 15 is 0 Å². The molecular formula is C13H13N5O. The van der Waals surface area contributed by atoms with Gasteiger partial charge in [-0.05, 0) is 42.6 Å². The van der Waals surface area contributed by atoms with E-state index in [9.17, 15) is 4.79 Å². The van der Waals surface area contributed by atoms with Crippen molar-refractivity contribution in [2.45, 2.75) is 18.9 Å². The minimum atomic E-state index is -0.0381. The van der Waals surface area contributed by atoms with E-state index in [1.807, 2.05) is 6.07 Å². The monoisotopic (exact) mass is 255 g/mol. The summed E-state index contributed by atoms with van der Waals surface area (Å²) in [5, 5.41) is 12.4. The first-order chi connectivity index (χ1) is 9.24. The van der Waals surface area contributed by atoms with E-state index in [2.05, 4.69) is 10.0 Å². The van der Waals surface area contributed by atoms with Gasteiger partial charge in [-0.2, -0.15) is 5.26 Å². The molecule has 0 aliphatic carbocycles. The first-order valence-corrected chi connectivity index (χ1v) is 6.08. The van der Waals surface area contributed by atoms with Crippen LogP contribution in [0.15, 0.2) is 29.4 Å². The molecule has 1 aliphatic rings. The Labute approximate surface area is 110 Å². The molecule has 1 fully saturated rings. The number of amides is 1. The highest BCUT2D eigenvalue weighted by Gasteiger charge is 2.22. The Hall–Kier alpha value is -2.51. The molecule has 1 aliphatic heterocycles. The second kappa shape index (κ2) is 5.89. The fourth-order valence-corrected chi connectivity index (χ4v) is 2.13. The highest BCUT2D eigenvalue weighted by Crippen LogP contribution is 2.16. The number of piperidine rings is 1. The van der Waals surface area contributed by atoms with Crippen LogP contribution in [0.4, 0.5) is 0 Å². The molecule has 0 aromatic heterocycles. The summed E-state index contributed by atoms with van der Waals surface area (Å²) in [5.41, 5.74) is 9.50. The van der Waals surface area contributed by atoms with Crippen molar-refractivity contribution in [3.8, 4) is 6.07 Å². The van der Waals surface area contributed by atoms with Gasteiger partial charge in [-0.3, -0.25) is 4.79 Å². The number of benzene rings is 1. The topological polar surface area (TPSA) is 92.9 Å². The maximum Gasteiger partial charge on any atom is 0.253 e. The van der Waals surface area contributed by atoms with E-state index in [0.717, 1.165) is 0 Å². The summed E-state index contributed by atoms with van der Waals surface area (Å²) < 4.78 is 0. The molecule has 1 amide bonds. The van der Waals surface area contributed by atoms with Crippen molar-refractivity contribution in [3.63, 3.8) is 0 Å². The van der Waals surface area contributed by atoms with Gasteiger partial charge >= 0.3 is 0 Å². The van der Waals surface area contributed by atoms with Crippen LogP contribution in [0.25, 0.3) is 10.4 Å². The van der Waals surface area contributed by atoms with Gasteiger partial charge in [-0.1, -0.05) is 5.11 Å². The van der Waals surface area contributed by atoms with Crippen molar-refractivity contribution in [3.05, 3.63) is 45.8 Å². The molecule has 0 atom stereocenters. The Bertz CT molecular complexity index is 545. The molecule has 0 bridgehead atoms. The van der Waals surface area contributed by atoms with Crippen molar-refractivity contribution >= 4 is 5.91 Å². The Kier molecular flexibility index (Phi) is 4.01. The second-order valence-electron chi connectivity index (χ2n) is 4.42. The van der Waals surface area contributed by atoms with E-state index in [1.54, 1.807) is 29.2 Å². The van der Waals surface area contributed by atoms with E-state index in [-0.39, 0.29) is 11.9 Å². The molecule has 2 rings (SSSR count). The summed E-state index contributed by atoms with van der Waals surface area (Å²) in [6.07, 6.45) is 1.40. The van der Waals surface area contributed by atoms with E-state index < -0.39 is 0 Å². The molecule has 1 aromatic carbocycles. The standard InChI is InChI=1S/C13H13N5O/c14-9-10-1-3-11(4-2-10)13(19)18-7-5-12(6-8-18)16-17-15/h1-4,12H,5-8H2. The number of carbonyl (C=O) groups is 1. The van der Waals surface area contributed by atoms with E-state index in [4.69, 9.17) is 10.8 Å². The highest BCUT2D eigenvalue weighted by molar-refractivity contribution is 5.94. The van der Waals surface area contributed by atoms with Crippen LogP contribution >= 0.6 is 0 Å². The summed E-state index contributed by atoms with van der Waals surface area (Å²) in [6, 6.07) is 8.63. The number of azide groups is 1. The highest BCUT2D eigenvalue weighted by atomic mass is 16.2. The predicted molar refractivity (Wildman–Crippen MR) is 69.2 cm³/mol. The van der Waals surface area contributed by atoms with Crippen LogP contribution in [-0.4, -0.2) is 29.9 Å². The summed E-state index contributed by atoms with van der Waals surface area (Å²) in [7, 11) is 0. The molecule has 19 heavy (non-hydrogen) atoms. The van der Waals surface area contributed by atoms with Crippen molar-refractivity contribution in [2.24, 2.45) is 5.11 Å². The summed E-state index contributed by atoms with van der Waals surface area (Å²) in [5.74, 6) is -0.0381. The SMILES string of the molecule is N#Cc1ccc(C(=O)N2CCC(N=[N+]=[N-])CC2)cc1. The van der Waals surface area contributed by atoms with Crippen LogP contribution in [0.2, 0.25) is 0 Å². The van der Waals surface area contributed by atoms with Crippen LogP contribution in [0.1, 0.15) is 28.8 Å². The third-order valence-electron chi connectivity index (χ3n) is 3.23. The van der Waals surface area contributed by atoms with Crippen LogP contribution in [0.5, 0.6) is 0 Å². The third kappa shape index (κ3) is 3.03. The quantitative estimate of drug-likeness (QED) is 0.461. The third-order valence-corrected chi connectivity index (χ3v) is 3.23. The molecule has 1 saturated heterocycles. The van der Waals surface area contributed by atoms with Crippen molar-refractivity contribution in [2.75, 3.05) is 13.1 Å². The lowest BCUT2D eigenvalue weighted by Gasteiger charge is -2.30. The normalized spacial score (nSPS) is 15.4. The predicted octanol–water partition coefficient (Wildman–Crippen LogP) is 2.47. The Morgan fingerprint density at radius 2 is 2.00 bits per heavy atom. The molecule has 0 spiro atoms. The number of nitrogens with zero attached hydrogens (tertiary/aromatic N) is 5. The van der Waals surface area contributed by atoms with Crippen LogP contribution in [0.3, 0.4) is 0 Å². The largest absolute Gasteiger partial charge is 0.339 e. The Morgan fingerprint density at radius 1 is 1.37 bits per heavy atom.